The fourth-order valence-electron chi connectivity index (χ4n) is 7.86. The van der Waals surface area contributed by atoms with Gasteiger partial charge in [0.25, 0.3) is 0 Å². The van der Waals surface area contributed by atoms with E-state index >= 15 is 4.39 Å². The van der Waals surface area contributed by atoms with Crippen LogP contribution >= 0.6 is 0 Å². The van der Waals surface area contributed by atoms with Gasteiger partial charge in [-0.25, -0.2) is 23.9 Å². The number of aromatic nitrogens is 4. The number of amides is 4. The van der Waals surface area contributed by atoms with Gasteiger partial charge in [-0.2, -0.15) is 0 Å². The van der Waals surface area contributed by atoms with Gasteiger partial charge in [0, 0.05) is 29.6 Å². The zero-order chi connectivity index (χ0) is 39.8. The third-order valence-corrected chi connectivity index (χ3v) is 10.7. The number of nitrogens with one attached hydrogen (secondary N) is 4. The molecular formula is C41H45FN8O6. The first-order chi connectivity index (χ1) is 26.8. The summed E-state index contributed by atoms with van der Waals surface area (Å²) < 4.78 is 20.2. The quantitative estimate of drug-likeness (QED) is 0.117. The number of aromatic amines is 2. The molecule has 5 aromatic rings. The number of alkyl carbamates (subject to hydrolysis) is 1. The maximum absolute atomic E-state index is 15.4. The first-order valence-electron chi connectivity index (χ1n) is 18.9. The summed E-state index contributed by atoms with van der Waals surface area (Å²) >= 11 is 0. The number of fused-ring (bicyclic) bond motifs is 4. The van der Waals surface area contributed by atoms with Gasteiger partial charge in [-0.05, 0) is 73.2 Å². The molecule has 7 rings (SSSR count). The van der Waals surface area contributed by atoms with Crippen molar-refractivity contribution in [3.05, 3.63) is 71.1 Å². The second kappa shape index (κ2) is 15.5. The Labute approximate surface area is 322 Å². The van der Waals surface area contributed by atoms with Gasteiger partial charge in [-0.15, -0.1) is 0 Å². The van der Waals surface area contributed by atoms with Crippen molar-refractivity contribution in [3.8, 4) is 11.8 Å². The molecule has 2 aliphatic heterocycles. The number of carboxylic acid groups (broad SMARTS) is 1. The number of hydrogen-bond donors (Lipinski definition) is 5. The highest BCUT2D eigenvalue weighted by Crippen LogP contribution is 2.35. The normalized spacial score (nSPS) is 18.1. The number of ether oxygens (including phenoxy) is 1. The van der Waals surface area contributed by atoms with Crippen LogP contribution in [-0.2, 0) is 14.3 Å². The van der Waals surface area contributed by atoms with Crippen molar-refractivity contribution in [2.24, 2.45) is 11.8 Å². The van der Waals surface area contributed by atoms with Crippen molar-refractivity contribution in [3.63, 3.8) is 0 Å². The van der Waals surface area contributed by atoms with Crippen molar-refractivity contribution in [1.82, 2.24) is 40.4 Å². The molecule has 4 amide bonds. The molecule has 0 bridgehead atoms. The number of rotatable bonds is 8. The molecule has 3 aromatic carbocycles. The molecular weight excluding hydrogens is 719 g/mol. The van der Waals surface area contributed by atoms with E-state index in [9.17, 15) is 24.3 Å². The van der Waals surface area contributed by atoms with Gasteiger partial charge >= 0.3 is 12.2 Å². The van der Waals surface area contributed by atoms with Crippen LogP contribution in [0.3, 0.4) is 0 Å². The molecule has 0 aliphatic carbocycles. The van der Waals surface area contributed by atoms with Crippen molar-refractivity contribution in [2.75, 3.05) is 20.2 Å². The third-order valence-electron chi connectivity index (χ3n) is 10.7. The van der Waals surface area contributed by atoms with Crippen LogP contribution in [0.4, 0.5) is 14.0 Å². The number of carbonyl (C=O) groups excluding carboxylic acids is 3. The van der Waals surface area contributed by atoms with E-state index in [0.29, 0.717) is 48.7 Å². The zero-order valence-electron chi connectivity index (χ0n) is 31.9. The number of carbonyl (C=O) groups is 4. The lowest BCUT2D eigenvalue weighted by Gasteiger charge is -2.29. The summed E-state index contributed by atoms with van der Waals surface area (Å²) in [6, 6.07) is 10.4. The topological polar surface area (TPSA) is 186 Å². The Hall–Kier alpha value is -6.17. The lowest BCUT2D eigenvalue weighted by Crippen LogP contribution is -2.51. The van der Waals surface area contributed by atoms with Crippen molar-refractivity contribution < 1.29 is 33.4 Å². The molecule has 292 valence electrons. The first kappa shape index (κ1) is 38.1. The van der Waals surface area contributed by atoms with Crippen LogP contribution in [-0.4, -0.2) is 91.1 Å². The highest BCUT2D eigenvalue weighted by Gasteiger charge is 2.39. The van der Waals surface area contributed by atoms with E-state index in [-0.39, 0.29) is 35.2 Å². The Morgan fingerprint density at radius 2 is 1.39 bits per heavy atom. The van der Waals surface area contributed by atoms with Gasteiger partial charge < -0.3 is 40.2 Å². The lowest BCUT2D eigenvalue weighted by atomic mass is 10.0. The predicted molar refractivity (Wildman–Crippen MR) is 207 cm³/mol. The highest BCUT2D eigenvalue weighted by molar-refractivity contribution is 6.04. The minimum Gasteiger partial charge on any atom is -0.465 e. The smallest absolute Gasteiger partial charge is 0.407 e. The number of likely N-dealkylation sites (tertiary alicyclic amines) is 2. The largest absolute Gasteiger partial charge is 0.465 e. The van der Waals surface area contributed by atoms with E-state index in [4.69, 9.17) is 9.72 Å². The monoisotopic (exact) mass is 764 g/mol. The Kier molecular flexibility index (Phi) is 10.6. The number of imidazole rings is 2. The van der Waals surface area contributed by atoms with Crippen LogP contribution in [0.25, 0.3) is 32.8 Å². The van der Waals surface area contributed by atoms with Crippen molar-refractivity contribution in [1.29, 1.82) is 0 Å². The molecule has 0 spiro atoms. The van der Waals surface area contributed by atoms with Crippen molar-refractivity contribution >= 4 is 56.8 Å². The molecule has 1 unspecified atom stereocenters. The summed E-state index contributed by atoms with van der Waals surface area (Å²) in [5.74, 6) is 5.91. The number of nitrogens with zero attached hydrogens (tertiary/aromatic N) is 4. The molecule has 56 heavy (non-hydrogen) atoms. The van der Waals surface area contributed by atoms with Gasteiger partial charge in [0.05, 0.1) is 35.7 Å². The number of methoxy groups -OCH3 is 1. The van der Waals surface area contributed by atoms with Crippen LogP contribution in [0.15, 0.2) is 42.5 Å². The van der Waals surface area contributed by atoms with Crippen LogP contribution in [0.5, 0.6) is 0 Å². The molecule has 0 radical (unpaired) electrons. The number of H-pyrrole nitrogens is 2. The summed E-state index contributed by atoms with van der Waals surface area (Å²) in [7, 11) is 1.27. The standard InChI is InChI=1S/C41H45FN8O6/c1-21(2)32(47-40(53)54)38(51)49-16-7-9-31(49)37-44-29-20-24(19-27(42)35(29)46-37)11-10-23-12-14-26-25(18-23)13-15-28-34(26)45-36(43-28)30-8-6-17-50(30)39(52)33(22(3)4)48-41(55)56-5/h12-15,18-22,30-33,47H,6-9,16-17H2,1-5H3,(H,43,45)(H,44,46)(H,48,55)(H,53,54)/t30?,31-,32-,33-/m0/s1. The van der Waals surface area contributed by atoms with Crippen LogP contribution < -0.4 is 10.6 Å². The number of hydrogen-bond acceptors (Lipinski definition) is 7. The Morgan fingerprint density at radius 3 is 2.00 bits per heavy atom. The average molecular weight is 765 g/mol. The van der Waals surface area contributed by atoms with Crippen LogP contribution in [0.2, 0.25) is 0 Å². The fraction of sp³-hybridized carbons (Fsp3) is 0.415. The number of benzene rings is 3. The van der Waals surface area contributed by atoms with E-state index in [1.54, 1.807) is 29.7 Å². The molecule has 14 nitrogen and oxygen atoms in total. The van der Waals surface area contributed by atoms with Gasteiger partial charge in [0.1, 0.15) is 29.2 Å². The molecule has 5 N–H and O–H groups in total. The molecule has 0 saturated carbocycles. The SMILES string of the molecule is COC(=O)N[C@H](C(=O)N1CCCC1c1nc2c(ccc3cc(C#Cc4cc(F)c5nc([C@@H]6CCCN6C(=O)[C@@H](NC(=O)O)C(C)C)[nH]c5c4)ccc32)[nH]1)C(C)C. The molecule has 2 saturated heterocycles. The summed E-state index contributed by atoms with van der Waals surface area (Å²) in [5.41, 5.74) is 3.36. The summed E-state index contributed by atoms with van der Waals surface area (Å²) in [4.78, 5) is 69.9. The van der Waals surface area contributed by atoms with Crippen LogP contribution in [0, 0.1) is 29.5 Å². The van der Waals surface area contributed by atoms with Gasteiger partial charge in [-0.3, -0.25) is 9.59 Å². The molecule has 2 aromatic heterocycles. The minimum absolute atomic E-state index is 0.138. The Bertz CT molecular complexity index is 2410. The Balaban J connectivity index is 1.11. The molecule has 2 fully saturated rings. The second-order valence-electron chi connectivity index (χ2n) is 15.2. The van der Waals surface area contributed by atoms with Gasteiger partial charge in [-0.1, -0.05) is 51.7 Å². The van der Waals surface area contributed by atoms with Crippen molar-refractivity contribution in [2.45, 2.75) is 77.5 Å². The zero-order valence-corrected chi connectivity index (χ0v) is 31.9. The lowest BCUT2D eigenvalue weighted by molar-refractivity contribution is -0.136. The van der Waals surface area contributed by atoms with E-state index in [1.165, 1.54) is 13.2 Å². The van der Waals surface area contributed by atoms with Crippen LogP contribution in [0.1, 0.15) is 88.2 Å². The molecule has 15 heteroatoms. The van der Waals surface area contributed by atoms with E-state index < -0.39 is 36.1 Å². The number of halogens is 1. The van der Waals surface area contributed by atoms with E-state index in [2.05, 4.69) is 37.4 Å². The molecule has 4 atom stereocenters. The summed E-state index contributed by atoms with van der Waals surface area (Å²) in [6.07, 6.45) is 0.950. The highest BCUT2D eigenvalue weighted by atomic mass is 19.1. The predicted octanol–water partition coefficient (Wildman–Crippen LogP) is 6.13. The second-order valence-corrected chi connectivity index (χ2v) is 15.2. The van der Waals surface area contributed by atoms with Gasteiger partial charge in [0.2, 0.25) is 11.8 Å². The summed E-state index contributed by atoms with van der Waals surface area (Å²) in [6.45, 7) is 8.32. The average Bonchev–Trinajstić information content (AvgIpc) is 3.99. The third kappa shape index (κ3) is 7.43. The maximum Gasteiger partial charge on any atom is 0.407 e. The van der Waals surface area contributed by atoms with E-state index in [1.807, 2.05) is 44.2 Å². The maximum atomic E-state index is 15.4. The fourth-order valence-corrected chi connectivity index (χ4v) is 7.86. The molecule has 2 aliphatic rings. The molecule has 4 heterocycles. The van der Waals surface area contributed by atoms with Gasteiger partial charge in [0.15, 0.2) is 5.82 Å². The van der Waals surface area contributed by atoms with E-state index in [0.717, 1.165) is 40.2 Å². The Morgan fingerprint density at radius 1 is 0.804 bits per heavy atom. The summed E-state index contributed by atoms with van der Waals surface area (Å²) in [5, 5.41) is 16.1. The minimum atomic E-state index is -1.27. The first-order valence-corrected chi connectivity index (χ1v) is 18.9.